The molecule has 20 heavy (non-hydrogen) atoms. The summed E-state index contributed by atoms with van der Waals surface area (Å²) in [7, 11) is 0. The second kappa shape index (κ2) is 5.92. The van der Waals surface area contributed by atoms with Gasteiger partial charge in [0.2, 0.25) is 5.91 Å². The standard InChI is InChI=1S/C14H18N4OS/c1-9-10(2)20-14(17-9)18(8-13(16)19)7-11-4-3-5-12(15)6-11/h3-6H,7-8,15H2,1-2H3,(H2,16,19). The molecule has 1 aromatic carbocycles. The molecular formula is C14H18N4OS. The van der Waals surface area contributed by atoms with E-state index in [1.165, 1.54) is 0 Å². The number of aryl methyl sites for hydroxylation is 2. The topological polar surface area (TPSA) is 85.2 Å². The van der Waals surface area contributed by atoms with Crippen LogP contribution in [0.5, 0.6) is 0 Å². The molecule has 0 saturated heterocycles. The maximum absolute atomic E-state index is 11.3. The van der Waals surface area contributed by atoms with E-state index in [1.54, 1.807) is 11.3 Å². The highest BCUT2D eigenvalue weighted by atomic mass is 32.1. The summed E-state index contributed by atoms with van der Waals surface area (Å²) in [6, 6.07) is 7.59. The molecule has 0 aliphatic rings. The van der Waals surface area contributed by atoms with Crippen molar-refractivity contribution < 1.29 is 4.79 Å². The van der Waals surface area contributed by atoms with Crippen molar-refractivity contribution in [2.45, 2.75) is 20.4 Å². The molecule has 0 radical (unpaired) electrons. The molecule has 0 saturated carbocycles. The third-order valence-corrected chi connectivity index (χ3v) is 4.09. The van der Waals surface area contributed by atoms with Gasteiger partial charge in [0.15, 0.2) is 5.13 Å². The minimum Gasteiger partial charge on any atom is -0.399 e. The molecule has 0 unspecified atom stereocenters. The largest absolute Gasteiger partial charge is 0.399 e. The second-order valence-electron chi connectivity index (χ2n) is 4.71. The first-order chi connectivity index (χ1) is 9.45. The number of nitrogens with two attached hydrogens (primary N) is 2. The number of rotatable bonds is 5. The average molecular weight is 290 g/mol. The molecule has 0 atom stereocenters. The van der Waals surface area contributed by atoms with Crippen LogP contribution in [0.2, 0.25) is 0 Å². The van der Waals surface area contributed by atoms with Crippen LogP contribution in [0.15, 0.2) is 24.3 Å². The molecule has 2 aromatic rings. The van der Waals surface area contributed by atoms with Gasteiger partial charge in [0, 0.05) is 17.1 Å². The Balaban J connectivity index is 2.25. The Morgan fingerprint density at radius 2 is 2.15 bits per heavy atom. The number of nitrogen functional groups attached to an aromatic ring is 1. The molecule has 0 aliphatic carbocycles. The van der Waals surface area contributed by atoms with Gasteiger partial charge in [0.25, 0.3) is 0 Å². The first-order valence-electron chi connectivity index (χ1n) is 6.27. The molecule has 1 amide bonds. The van der Waals surface area contributed by atoms with Crippen LogP contribution in [-0.2, 0) is 11.3 Å². The summed E-state index contributed by atoms with van der Waals surface area (Å²) in [4.78, 5) is 18.8. The van der Waals surface area contributed by atoms with Gasteiger partial charge in [-0.1, -0.05) is 12.1 Å². The van der Waals surface area contributed by atoms with Crippen LogP contribution >= 0.6 is 11.3 Å². The number of anilines is 2. The number of hydrogen-bond acceptors (Lipinski definition) is 5. The molecule has 1 aromatic heterocycles. The van der Waals surface area contributed by atoms with Gasteiger partial charge in [-0.05, 0) is 31.5 Å². The Kier molecular flexibility index (Phi) is 4.24. The van der Waals surface area contributed by atoms with Crippen LogP contribution in [0, 0.1) is 13.8 Å². The monoisotopic (exact) mass is 290 g/mol. The molecule has 2 rings (SSSR count). The fourth-order valence-corrected chi connectivity index (χ4v) is 2.79. The van der Waals surface area contributed by atoms with Gasteiger partial charge in [-0.3, -0.25) is 4.79 Å². The molecule has 0 bridgehead atoms. The van der Waals surface area contributed by atoms with Gasteiger partial charge in [-0.2, -0.15) is 0 Å². The van der Waals surface area contributed by atoms with Crippen LogP contribution in [0.4, 0.5) is 10.8 Å². The SMILES string of the molecule is Cc1nc(N(CC(N)=O)Cc2cccc(N)c2)sc1C. The van der Waals surface area contributed by atoms with E-state index in [1.807, 2.05) is 43.0 Å². The minimum atomic E-state index is -0.376. The molecule has 4 N–H and O–H groups in total. The van der Waals surface area contributed by atoms with E-state index in [0.717, 1.165) is 21.3 Å². The highest BCUT2D eigenvalue weighted by molar-refractivity contribution is 7.15. The molecule has 106 valence electrons. The zero-order valence-corrected chi connectivity index (χ0v) is 12.4. The van der Waals surface area contributed by atoms with Gasteiger partial charge in [0.1, 0.15) is 0 Å². The van der Waals surface area contributed by atoms with E-state index in [-0.39, 0.29) is 12.5 Å². The predicted octanol–water partition coefficient (Wildman–Crippen LogP) is 1.83. The van der Waals surface area contributed by atoms with Crippen LogP contribution in [0.25, 0.3) is 0 Å². The van der Waals surface area contributed by atoms with E-state index in [2.05, 4.69) is 4.98 Å². The number of carbonyl (C=O) groups excluding carboxylic acids is 1. The molecule has 0 fully saturated rings. The summed E-state index contributed by atoms with van der Waals surface area (Å²) in [5.41, 5.74) is 13.8. The van der Waals surface area contributed by atoms with Gasteiger partial charge in [-0.15, -0.1) is 11.3 Å². The predicted molar refractivity (Wildman–Crippen MR) is 82.7 cm³/mol. The van der Waals surface area contributed by atoms with Crippen molar-refractivity contribution in [3.63, 3.8) is 0 Å². The first-order valence-corrected chi connectivity index (χ1v) is 7.09. The maximum atomic E-state index is 11.3. The summed E-state index contributed by atoms with van der Waals surface area (Å²) in [6.45, 7) is 4.67. The zero-order chi connectivity index (χ0) is 14.7. The normalized spacial score (nSPS) is 10.5. The van der Waals surface area contributed by atoms with Crippen molar-refractivity contribution in [2.75, 3.05) is 17.2 Å². The van der Waals surface area contributed by atoms with Gasteiger partial charge < -0.3 is 16.4 Å². The number of primary amides is 1. The van der Waals surface area contributed by atoms with Crippen molar-refractivity contribution in [1.29, 1.82) is 0 Å². The number of carbonyl (C=O) groups is 1. The van der Waals surface area contributed by atoms with Crippen LogP contribution in [0.1, 0.15) is 16.1 Å². The fourth-order valence-electron chi connectivity index (χ4n) is 1.88. The number of thiazole rings is 1. The number of hydrogen-bond donors (Lipinski definition) is 2. The zero-order valence-electron chi connectivity index (χ0n) is 11.6. The quantitative estimate of drug-likeness (QED) is 0.823. The smallest absolute Gasteiger partial charge is 0.237 e. The molecule has 0 aliphatic heterocycles. The van der Waals surface area contributed by atoms with E-state index in [9.17, 15) is 4.79 Å². The summed E-state index contributed by atoms with van der Waals surface area (Å²) >= 11 is 1.56. The Labute approximate surface area is 122 Å². The summed E-state index contributed by atoms with van der Waals surface area (Å²) in [5.74, 6) is -0.376. The third-order valence-electron chi connectivity index (χ3n) is 2.96. The molecular weight excluding hydrogens is 272 g/mol. The highest BCUT2D eigenvalue weighted by Crippen LogP contribution is 2.26. The molecule has 6 heteroatoms. The second-order valence-corrected chi connectivity index (χ2v) is 5.89. The number of amides is 1. The van der Waals surface area contributed by atoms with E-state index < -0.39 is 0 Å². The Morgan fingerprint density at radius 3 is 2.70 bits per heavy atom. The summed E-state index contributed by atoms with van der Waals surface area (Å²) in [6.07, 6.45) is 0. The number of benzene rings is 1. The molecule has 5 nitrogen and oxygen atoms in total. The molecule has 0 spiro atoms. The molecule has 1 heterocycles. The third kappa shape index (κ3) is 3.48. The van der Waals surface area contributed by atoms with Crippen molar-refractivity contribution in [3.05, 3.63) is 40.4 Å². The van der Waals surface area contributed by atoms with Gasteiger partial charge >= 0.3 is 0 Å². The fraction of sp³-hybridized carbons (Fsp3) is 0.286. The lowest BCUT2D eigenvalue weighted by Crippen LogP contribution is -2.33. The van der Waals surface area contributed by atoms with Crippen molar-refractivity contribution >= 4 is 28.1 Å². The lowest BCUT2D eigenvalue weighted by Gasteiger charge is -2.20. The van der Waals surface area contributed by atoms with E-state index in [0.29, 0.717) is 12.2 Å². The van der Waals surface area contributed by atoms with Crippen LogP contribution < -0.4 is 16.4 Å². The van der Waals surface area contributed by atoms with Gasteiger partial charge in [0.05, 0.1) is 12.2 Å². The number of aromatic nitrogens is 1. The average Bonchev–Trinajstić information content (AvgIpc) is 2.68. The van der Waals surface area contributed by atoms with Crippen molar-refractivity contribution in [3.8, 4) is 0 Å². The maximum Gasteiger partial charge on any atom is 0.237 e. The van der Waals surface area contributed by atoms with Crippen LogP contribution in [-0.4, -0.2) is 17.4 Å². The summed E-state index contributed by atoms with van der Waals surface area (Å²) < 4.78 is 0. The lowest BCUT2D eigenvalue weighted by molar-refractivity contribution is -0.116. The minimum absolute atomic E-state index is 0.140. The Hall–Kier alpha value is -2.08. The first kappa shape index (κ1) is 14.3. The van der Waals surface area contributed by atoms with E-state index in [4.69, 9.17) is 11.5 Å². The lowest BCUT2D eigenvalue weighted by atomic mass is 10.2. The number of nitrogens with zero attached hydrogens (tertiary/aromatic N) is 2. The van der Waals surface area contributed by atoms with Crippen LogP contribution in [0.3, 0.4) is 0 Å². The Bertz CT molecular complexity index is 604. The van der Waals surface area contributed by atoms with Crippen molar-refractivity contribution in [1.82, 2.24) is 4.98 Å². The van der Waals surface area contributed by atoms with Crippen molar-refractivity contribution in [2.24, 2.45) is 5.73 Å². The van der Waals surface area contributed by atoms with E-state index >= 15 is 0 Å². The Morgan fingerprint density at radius 1 is 1.40 bits per heavy atom. The highest BCUT2D eigenvalue weighted by Gasteiger charge is 2.15. The summed E-state index contributed by atoms with van der Waals surface area (Å²) in [5, 5.41) is 0.807. The van der Waals surface area contributed by atoms with Gasteiger partial charge in [-0.25, -0.2) is 4.98 Å².